The third kappa shape index (κ3) is 3.76. The fourth-order valence-electron chi connectivity index (χ4n) is 6.61. The molecule has 148 valence electrons. The average molecular weight is 429 g/mol. The molecule has 0 N–H and O–H groups in total. The van der Waals surface area contributed by atoms with Gasteiger partial charge >= 0.3 is 0 Å². The van der Waals surface area contributed by atoms with E-state index in [1.807, 2.05) is 0 Å². The highest BCUT2D eigenvalue weighted by atomic mass is 32.2. The molecular formula is C22H36S4. The maximum Gasteiger partial charge on any atom is 0.0203 e. The number of fused-ring (bicyclic) bond motifs is 8. The standard InChI is InChI=1S/C22H36S4/c1-3-7-15-17(9-5-1)21-19(15)24-13-11-23-12-14-25-20-16-8-4-2-6-10-18(16)22(20)26-21/h15-22H,1-14H2. The second-order valence-electron chi connectivity index (χ2n) is 9.28. The molecule has 4 aliphatic carbocycles. The molecule has 0 radical (unpaired) electrons. The minimum atomic E-state index is 1.01. The summed E-state index contributed by atoms with van der Waals surface area (Å²) in [6.07, 6.45) is 15.4. The second kappa shape index (κ2) is 9.04. The summed E-state index contributed by atoms with van der Waals surface area (Å²) in [7, 11) is 0. The molecule has 1 heterocycles. The van der Waals surface area contributed by atoms with E-state index in [0.29, 0.717) is 0 Å². The van der Waals surface area contributed by atoms with E-state index in [1.54, 1.807) is 25.7 Å². The van der Waals surface area contributed by atoms with Gasteiger partial charge in [-0.15, -0.1) is 0 Å². The van der Waals surface area contributed by atoms with Crippen molar-refractivity contribution in [2.75, 3.05) is 23.0 Å². The van der Waals surface area contributed by atoms with Crippen molar-refractivity contribution in [1.29, 1.82) is 0 Å². The molecule has 0 aromatic rings. The predicted molar refractivity (Wildman–Crippen MR) is 125 cm³/mol. The minimum absolute atomic E-state index is 1.01. The van der Waals surface area contributed by atoms with Gasteiger partial charge in [0, 0.05) is 44.0 Å². The van der Waals surface area contributed by atoms with Crippen molar-refractivity contribution in [2.45, 2.75) is 85.2 Å². The highest BCUT2D eigenvalue weighted by Crippen LogP contribution is 2.62. The quantitative estimate of drug-likeness (QED) is 0.414. The third-order valence-electron chi connectivity index (χ3n) is 7.98. The molecule has 5 aliphatic rings. The summed E-state index contributed by atoms with van der Waals surface area (Å²) in [5.41, 5.74) is 0. The Kier molecular flexibility index (Phi) is 6.74. The first kappa shape index (κ1) is 19.4. The second-order valence-corrected chi connectivity index (χ2v) is 14.4. The molecule has 8 atom stereocenters. The molecular weight excluding hydrogens is 393 g/mol. The Morgan fingerprint density at radius 2 is 0.846 bits per heavy atom. The molecule has 8 unspecified atom stereocenters. The van der Waals surface area contributed by atoms with Gasteiger partial charge in [0.1, 0.15) is 0 Å². The topological polar surface area (TPSA) is 0 Å². The van der Waals surface area contributed by atoms with Crippen LogP contribution in [-0.2, 0) is 0 Å². The van der Waals surface area contributed by atoms with Crippen molar-refractivity contribution in [3.05, 3.63) is 0 Å². The molecule has 0 amide bonds. The maximum atomic E-state index is 2.55. The average Bonchev–Trinajstić information content (AvgIpc) is 2.97. The van der Waals surface area contributed by atoms with Crippen molar-refractivity contribution in [3.63, 3.8) is 0 Å². The zero-order valence-corrected chi connectivity index (χ0v) is 19.4. The van der Waals surface area contributed by atoms with Crippen LogP contribution >= 0.6 is 47.0 Å². The molecule has 0 aromatic heterocycles. The lowest BCUT2D eigenvalue weighted by Gasteiger charge is -2.58. The number of hydrogen-bond acceptors (Lipinski definition) is 4. The van der Waals surface area contributed by atoms with Gasteiger partial charge in [0.25, 0.3) is 0 Å². The Bertz CT molecular complexity index is 429. The van der Waals surface area contributed by atoms with E-state index < -0.39 is 0 Å². The lowest BCUT2D eigenvalue weighted by Crippen LogP contribution is -2.58. The molecule has 0 bridgehead atoms. The van der Waals surface area contributed by atoms with Gasteiger partial charge in [0.15, 0.2) is 0 Å². The first-order valence-electron chi connectivity index (χ1n) is 11.4. The van der Waals surface area contributed by atoms with Crippen LogP contribution < -0.4 is 0 Å². The van der Waals surface area contributed by atoms with Gasteiger partial charge in [0.2, 0.25) is 0 Å². The summed E-state index contributed by atoms with van der Waals surface area (Å²) >= 11 is 9.57. The van der Waals surface area contributed by atoms with E-state index in [1.165, 1.54) is 61.5 Å². The first-order valence-corrected chi connectivity index (χ1v) is 15.6. The molecule has 1 aliphatic heterocycles. The van der Waals surface area contributed by atoms with Crippen LogP contribution in [0.3, 0.4) is 0 Å². The van der Waals surface area contributed by atoms with Crippen LogP contribution in [0.1, 0.15) is 64.2 Å². The zero-order valence-electron chi connectivity index (χ0n) is 16.2. The van der Waals surface area contributed by atoms with Gasteiger partial charge in [-0.3, -0.25) is 0 Å². The van der Waals surface area contributed by atoms with Crippen LogP contribution in [0, 0.1) is 23.7 Å². The van der Waals surface area contributed by atoms with Gasteiger partial charge in [-0.05, 0) is 49.4 Å². The molecule has 5 fully saturated rings. The van der Waals surface area contributed by atoms with Crippen molar-refractivity contribution in [2.24, 2.45) is 23.7 Å². The molecule has 5 rings (SSSR count). The minimum Gasteiger partial charge on any atom is -0.160 e. The van der Waals surface area contributed by atoms with Gasteiger partial charge < -0.3 is 0 Å². The van der Waals surface area contributed by atoms with Crippen LogP contribution in [0.4, 0.5) is 0 Å². The van der Waals surface area contributed by atoms with E-state index in [0.717, 1.165) is 44.7 Å². The largest absolute Gasteiger partial charge is 0.160 e. The normalized spacial score (nSPS) is 49.8. The van der Waals surface area contributed by atoms with Crippen LogP contribution in [0.25, 0.3) is 0 Å². The van der Waals surface area contributed by atoms with E-state index >= 15 is 0 Å². The lowest BCUT2D eigenvalue weighted by molar-refractivity contribution is 0.171. The molecule has 0 spiro atoms. The molecule has 0 aromatic carbocycles. The summed E-state index contributed by atoms with van der Waals surface area (Å²) in [6, 6.07) is 0. The fraction of sp³-hybridized carbons (Fsp3) is 1.00. The van der Waals surface area contributed by atoms with Crippen LogP contribution in [-0.4, -0.2) is 44.0 Å². The molecule has 4 heteroatoms. The third-order valence-corrected chi connectivity index (χ3v) is 14.7. The summed E-state index contributed by atoms with van der Waals surface area (Å²) in [6.45, 7) is 0. The Morgan fingerprint density at radius 1 is 0.423 bits per heavy atom. The fourth-order valence-corrected chi connectivity index (χ4v) is 14.0. The molecule has 26 heavy (non-hydrogen) atoms. The smallest absolute Gasteiger partial charge is 0.0203 e. The maximum absolute atomic E-state index is 2.55. The van der Waals surface area contributed by atoms with E-state index in [2.05, 4.69) is 47.0 Å². The monoisotopic (exact) mass is 428 g/mol. The van der Waals surface area contributed by atoms with Crippen molar-refractivity contribution < 1.29 is 0 Å². The Hall–Kier alpha value is 1.40. The lowest BCUT2D eigenvalue weighted by atomic mass is 9.69. The van der Waals surface area contributed by atoms with Crippen molar-refractivity contribution in [1.82, 2.24) is 0 Å². The highest BCUT2D eigenvalue weighted by molar-refractivity contribution is 8.07. The molecule has 1 saturated heterocycles. The van der Waals surface area contributed by atoms with Gasteiger partial charge in [0.05, 0.1) is 0 Å². The van der Waals surface area contributed by atoms with E-state index in [-0.39, 0.29) is 0 Å². The molecule has 0 nitrogen and oxygen atoms in total. The number of thioether (sulfide) groups is 4. The van der Waals surface area contributed by atoms with E-state index in [9.17, 15) is 0 Å². The molecule has 4 saturated carbocycles. The Labute approximate surface area is 178 Å². The van der Waals surface area contributed by atoms with Crippen LogP contribution in [0.5, 0.6) is 0 Å². The number of rotatable bonds is 0. The highest BCUT2D eigenvalue weighted by Gasteiger charge is 2.56. The summed E-state index contributed by atoms with van der Waals surface area (Å²) in [5, 5.41) is 4.06. The van der Waals surface area contributed by atoms with Gasteiger partial charge in [-0.1, -0.05) is 38.5 Å². The number of hydrogen-bond donors (Lipinski definition) is 0. The first-order chi connectivity index (χ1) is 12.9. The van der Waals surface area contributed by atoms with E-state index in [4.69, 9.17) is 0 Å². The zero-order chi connectivity index (χ0) is 17.3. The summed E-state index contributed by atoms with van der Waals surface area (Å²) in [5.74, 6) is 9.99. The Morgan fingerprint density at radius 3 is 1.31 bits per heavy atom. The summed E-state index contributed by atoms with van der Waals surface area (Å²) < 4.78 is 0. The summed E-state index contributed by atoms with van der Waals surface area (Å²) in [4.78, 5) is 0. The van der Waals surface area contributed by atoms with Crippen molar-refractivity contribution >= 4 is 47.0 Å². The van der Waals surface area contributed by atoms with Crippen LogP contribution in [0.15, 0.2) is 0 Å². The SMILES string of the molecule is C1CCC2C(CC1)C1SC3C4CCCCCC4C3SCCSCCSC21. The van der Waals surface area contributed by atoms with Crippen molar-refractivity contribution in [3.8, 4) is 0 Å². The predicted octanol–water partition coefficient (Wildman–Crippen LogP) is 6.83. The van der Waals surface area contributed by atoms with Gasteiger partial charge in [-0.2, -0.15) is 47.0 Å². The Balaban J connectivity index is 1.33. The van der Waals surface area contributed by atoms with Gasteiger partial charge in [-0.25, -0.2) is 0 Å². The van der Waals surface area contributed by atoms with Crippen LogP contribution in [0.2, 0.25) is 0 Å².